The van der Waals surface area contributed by atoms with Gasteiger partial charge in [-0.1, -0.05) is 6.92 Å². The fourth-order valence-electron chi connectivity index (χ4n) is 4.15. The van der Waals surface area contributed by atoms with Crippen LogP contribution >= 0.6 is 0 Å². The van der Waals surface area contributed by atoms with Crippen LogP contribution in [0, 0.1) is 29.6 Å². The quantitative estimate of drug-likeness (QED) is 0.574. The predicted octanol–water partition coefficient (Wildman–Crippen LogP) is 1.76. The second-order valence-electron chi connectivity index (χ2n) is 5.69. The minimum Gasteiger partial charge on any atom is -0.345 e. The number of amides is 1. The van der Waals surface area contributed by atoms with Crippen molar-refractivity contribution in [3.05, 3.63) is 0 Å². The molecule has 0 N–H and O–H groups in total. The zero-order chi connectivity index (χ0) is 9.87. The molecule has 0 aromatic rings. The van der Waals surface area contributed by atoms with Gasteiger partial charge in [0.25, 0.3) is 0 Å². The molecule has 78 valence electrons. The fourth-order valence-corrected chi connectivity index (χ4v) is 4.15. The molecule has 4 bridgehead atoms. The molecule has 14 heavy (non-hydrogen) atoms. The summed E-state index contributed by atoms with van der Waals surface area (Å²) in [5, 5.41) is 0. The van der Waals surface area contributed by atoms with Crippen molar-refractivity contribution in [2.75, 3.05) is 13.6 Å². The minimum atomic E-state index is 0.397. The van der Waals surface area contributed by atoms with E-state index in [1.807, 2.05) is 11.9 Å². The second kappa shape index (κ2) is 2.74. The Labute approximate surface area is 85.7 Å². The molecule has 4 fully saturated rings. The van der Waals surface area contributed by atoms with Gasteiger partial charge in [-0.25, -0.2) is 0 Å². The van der Waals surface area contributed by atoms with E-state index in [1.54, 1.807) is 0 Å². The largest absolute Gasteiger partial charge is 0.345 e. The van der Waals surface area contributed by atoms with Gasteiger partial charge in [-0.2, -0.15) is 0 Å². The van der Waals surface area contributed by atoms with Gasteiger partial charge in [-0.15, -0.1) is 0 Å². The molecular formula is C12H19NO. The predicted molar refractivity (Wildman–Crippen MR) is 54.6 cm³/mol. The lowest BCUT2D eigenvalue weighted by Crippen LogP contribution is -2.56. The van der Waals surface area contributed by atoms with E-state index in [9.17, 15) is 4.79 Å². The van der Waals surface area contributed by atoms with Crippen molar-refractivity contribution in [1.29, 1.82) is 0 Å². The molecule has 0 aromatic carbocycles. The molecule has 4 rings (SSSR count). The smallest absolute Gasteiger partial charge is 0.225 e. The Balaban J connectivity index is 1.91. The van der Waals surface area contributed by atoms with E-state index < -0.39 is 0 Å². The standard InChI is InChI=1S/C12H19NO/c1-7-3-10-9-4-8(7)5-11(10)12(14)13(2)6-9/h7-11H,3-6H2,1-2H3. The van der Waals surface area contributed by atoms with Crippen molar-refractivity contribution in [2.45, 2.75) is 26.2 Å². The number of rotatable bonds is 0. The molecule has 5 atom stereocenters. The number of hydrogen-bond acceptors (Lipinski definition) is 1. The minimum absolute atomic E-state index is 0.397. The van der Waals surface area contributed by atoms with E-state index in [0.717, 1.165) is 30.2 Å². The van der Waals surface area contributed by atoms with Crippen LogP contribution in [-0.2, 0) is 4.79 Å². The highest BCUT2D eigenvalue weighted by Crippen LogP contribution is 2.53. The average molecular weight is 193 g/mol. The van der Waals surface area contributed by atoms with Gasteiger partial charge in [0.1, 0.15) is 0 Å². The zero-order valence-electron chi connectivity index (χ0n) is 9.07. The highest BCUT2D eigenvalue weighted by Gasteiger charge is 2.51. The van der Waals surface area contributed by atoms with Crippen LogP contribution in [0.15, 0.2) is 0 Å². The summed E-state index contributed by atoms with van der Waals surface area (Å²) in [5.41, 5.74) is 0. The van der Waals surface area contributed by atoms with E-state index in [-0.39, 0.29) is 0 Å². The van der Waals surface area contributed by atoms with Crippen molar-refractivity contribution < 1.29 is 4.79 Å². The van der Waals surface area contributed by atoms with Gasteiger partial charge in [0.2, 0.25) is 5.91 Å². The lowest BCUT2D eigenvalue weighted by Gasteiger charge is -2.54. The third kappa shape index (κ3) is 0.999. The Hall–Kier alpha value is -0.530. The van der Waals surface area contributed by atoms with Gasteiger partial charge in [0.05, 0.1) is 0 Å². The van der Waals surface area contributed by atoms with E-state index in [0.29, 0.717) is 11.8 Å². The van der Waals surface area contributed by atoms with Crippen LogP contribution in [-0.4, -0.2) is 24.4 Å². The molecular weight excluding hydrogens is 174 g/mol. The number of piperidine rings is 1. The van der Waals surface area contributed by atoms with Crippen LogP contribution < -0.4 is 0 Å². The first-order chi connectivity index (χ1) is 6.66. The van der Waals surface area contributed by atoms with E-state index >= 15 is 0 Å². The Morgan fingerprint density at radius 1 is 1.21 bits per heavy atom. The zero-order valence-corrected chi connectivity index (χ0v) is 9.07. The lowest BCUT2D eigenvalue weighted by atomic mass is 9.54. The number of carbonyl (C=O) groups excluding carboxylic acids is 1. The van der Waals surface area contributed by atoms with Crippen LogP contribution in [0.2, 0.25) is 0 Å². The maximum atomic E-state index is 12.0. The van der Waals surface area contributed by atoms with Crippen LogP contribution in [0.4, 0.5) is 0 Å². The summed E-state index contributed by atoms with van der Waals surface area (Å²) in [5.74, 6) is 4.13. The molecule has 0 spiro atoms. The highest BCUT2D eigenvalue weighted by atomic mass is 16.2. The molecule has 0 aromatic heterocycles. The van der Waals surface area contributed by atoms with E-state index in [1.165, 1.54) is 19.3 Å². The molecule has 3 aliphatic carbocycles. The third-order valence-electron chi connectivity index (χ3n) is 4.93. The molecule has 3 saturated carbocycles. The molecule has 1 heterocycles. The van der Waals surface area contributed by atoms with Crippen LogP contribution in [0.25, 0.3) is 0 Å². The molecule has 2 heteroatoms. The molecule has 1 aliphatic heterocycles. The van der Waals surface area contributed by atoms with Crippen molar-refractivity contribution in [3.63, 3.8) is 0 Å². The topological polar surface area (TPSA) is 20.3 Å². The summed E-state index contributed by atoms with van der Waals surface area (Å²) in [6.07, 6.45) is 3.89. The van der Waals surface area contributed by atoms with Crippen LogP contribution in [0.1, 0.15) is 26.2 Å². The number of nitrogens with zero attached hydrogens (tertiary/aromatic N) is 1. The summed E-state index contributed by atoms with van der Waals surface area (Å²) in [7, 11) is 1.98. The Morgan fingerprint density at radius 3 is 2.71 bits per heavy atom. The van der Waals surface area contributed by atoms with E-state index in [4.69, 9.17) is 0 Å². The Morgan fingerprint density at radius 2 is 2.00 bits per heavy atom. The molecule has 1 amide bonds. The molecule has 2 nitrogen and oxygen atoms in total. The second-order valence-corrected chi connectivity index (χ2v) is 5.69. The first kappa shape index (κ1) is 8.75. The normalized spacial score (nSPS) is 51.1. The van der Waals surface area contributed by atoms with Gasteiger partial charge in [-0.05, 0) is 42.9 Å². The lowest BCUT2D eigenvalue weighted by molar-refractivity contribution is -0.154. The number of carbonyl (C=O) groups is 1. The number of fused-ring (bicyclic) bond motifs is 1. The number of likely N-dealkylation sites (tertiary alicyclic amines) is 1. The molecule has 1 saturated heterocycles. The summed E-state index contributed by atoms with van der Waals surface area (Å²) in [6, 6.07) is 0. The van der Waals surface area contributed by atoms with Crippen LogP contribution in [0.5, 0.6) is 0 Å². The highest BCUT2D eigenvalue weighted by molar-refractivity contribution is 5.80. The maximum absolute atomic E-state index is 12.0. The first-order valence-corrected chi connectivity index (χ1v) is 5.91. The Bertz CT molecular complexity index is 275. The first-order valence-electron chi connectivity index (χ1n) is 5.91. The maximum Gasteiger partial charge on any atom is 0.225 e. The summed E-state index contributed by atoms with van der Waals surface area (Å²) < 4.78 is 0. The molecule has 4 aliphatic rings. The molecule has 5 unspecified atom stereocenters. The fraction of sp³-hybridized carbons (Fsp3) is 0.917. The summed E-state index contributed by atoms with van der Waals surface area (Å²) >= 11 is 0. The monoisotopic (exact) mass is 193 g/mol. The van der Waals surface area contributed by atoms with Crippen LogP contribution in [0.3, 0.4) is 0 Å². The number of hydrogen-bond donors (Lipinski definition) is 0. The van der Waals surface area contributed by atoms with Crippen molar-refractivity contribution in [2.24, 2.45) is 29.6 Å². The van der Waals surface area contributed by atoms with Gasteiger partial charge in [-0.3, -0.25) is 4.79 Å². The van der Waals surface area contributed by atoms with Gasteiger partial charge in [0, 0.05) is 19.5 Å². The van der Waals surface area contributed by atoms with Gasteiger partial charge >= 0.3 is 0 Å². The van der Waals surface area contributed by atoms with Gasteiger partial charge < -0.3 is 4.90 Å². The van der Waals surface area contributed by atoms with Gasteiger partial charge in [0.15, 0.2) is 0 Å². The van der Waals surface area contributed by atoms with E-state index in [2.05, 4.69) is 6.92 Å². The molecule has 0 radical (unpaired) electrons. The summed E-state index contributed by atoms with van der Waals surface area (Å²) in [6.45, 7) is 3.41. The summed E-state index contributed by atoms with van der Waals surface area (Å²) in [4.78, 5) is 13.9. The SMILES string of the molecule is CC1CC2C3CC1CC2C(=O)N(C)C3. The Kier molecular flexibility index (Phi) is 1.71. The third-order valence-corrected chi connectivity index (χ3v) is 4.93. The van der Waals surface area contributed by atoms with Crippen molar-refractivity contribution in [1.82, 2.24) is 4.90 Å². The van der Waals surface area contributed by atoms with Crippen molar-refractivity contribution >= 4 is 5.91 Å². The average Bonchev–Trinajstić information content (AvgIpc) is 2.16. The van der Waals surface area contributed by atoms with Crippen molar-refractivity contribution in [3.8, 4) is 0 Å².